The molecule has 2 aromatic carbocycles. The van der Waals surface area contributed by atoms with Crippen LogP contribution in [0.4, 0.5) is 9.18 Å². The van der Waals surface area contributed by atoms with Crippen LogP contribution in [0.15, 0.2) is 42.1 Å². The monoisotopic (exact) mass is 526 g/mol. The Morgan fingerprint density at radius 1 is 1.30 bits per heavy atom. The summed E-state index contributed by atoms with van der Waals surface area (Å²) in [6.45, 7) is -0.598. The van der Waals surface area contributed by atoms with Gasteiger partial charge in [-0.3, -0.25) is 9.59 Å². The van der Waals surface area contributed by atoms with Crippen LogP contribution >= 0.6 is 22.6 Å². The Bertz CT molecular complexity index is 1060. The molecule has 10 heteroatoms. The first-order chi connectivity index (χ1) is 14.3. The van der Waals surface area contributed by atoms with E-state index in [4.69, 9.17) is 14.6 Å². The van der Waals surface area contributed by atoms with E-state index in [0.717, 1.165) is 0 Å². The van der Waals surface area contributed by atoms with Crippen LogP contribution in [0, 0.1) is 9.39 Å². The highest BCUT2D eigenvalue weighted by Gasteiger charge is 2.34. The van der Waals surface area contributed by atoms with E-state index in [0.29, 0.717) is 31.1 Å². The van der Waals surface area contributed by atoms with E-state index >= 15 is 0 Å². The first kappa shape index (κ1) is 21.6. The van der Waals surface area contributed by atoms with Crippen molar-refractivity contribution in [3.63, 3.8) is 0 Å². The van der Waals surface area contributed by atoms with Crippen molar-refractivity contribution in [3.8, 4) is 11.5 Å². The molecule has 0 bridgehead atoms. The zero-order valence-electron chi connectivity index (χ0n) is 15.6. The molecule has 0 radical (unpaired) electrons. The van der Waals surface area contributed by atoms with Crippen LogP contribution in [0.2, 0.25) is 0 Å². The molecule has 156 valence electrons. The van der Waals surface area contributed by atoms with Gasteiger partial charge in [0.2, 0.25) is 0 Å². The largest absolute Gasteiger partial charge is 0.493 e. The molecule has 1 saturated heterocycles. The summed E-state index contributed by atoms with van der Waals surface area (Å²) in [6, 6.07) is 8.55. The topological polar surface area (TPSA) is 105 Å². The maximum Gasteiger partial charge on any atom is 0.329 e. The Morgan fingerprint density at radius 2 is 2.07 bits per heavy atom. The lowest BCUT2D eigenvalue weighted by atomic mass is 10.1. The molecular weight excluding hydrogens is 510 g/mol. The number of benzene rings is 2. The fourth-order valence-corrected chi connectivity index (χ4v) is 3.54. The van der Waals surface area contributed by atoms with Crippen molar-refractivity contribution in [1.82, 2.24) is 10.2 Å². The third-order valence-electron chi connectivity index (χ3n) is 4.09. The summed E-state index contributed by atoms with van der Waals surface area (Å²) in [5.41, 5.74) is 1.14. The van der Waals surface area contributed by atoms with Crippen molar-refractivity contribution < 1.29 is 33.4 Å². The van der Waals surface area contributed by atoms with Gasteiger partial charge in [0, 0.05) is 0 Å². The van der Waals surface area contributed by atoms with Crippen LogP contribution in [0.25, 0.3) is 6.08 Å². The highest BCUT2D eigenvalue weighted by Crippen LogP contribution is 2.35. The number of nitrogens with zero attached hydrogens (tertiary/aromatic N) is 1. The van der Waals surface area contributed by atoms with E-state index in [1.807, 2.05) is 22.6 Å². The molecule has 1 heterocycles. The van der Waals surface area contributed by atoms with E-state index in [9.17, 15) is 18.8 Å². The number of halogens is 2. The Balaban J connectivity index is 1.83. The van der Waals surface area contributed by atoms with Crippen LogP contribution < -0.4 is 14.8 Å². The molecule has 0 spiro atoms. The van der Waals surface area contributed by atoms with Gasteiger partial charge in [0.1, 0.15) is 24.7 Å². The van der Waals surface area contributed by atoms with Gasteiger partial charge in [-0.25, -0.2) is 14.1 Å². The van der Waals surface area contributed by atoms with E-state index in [1.54, 1.807) is 24.3 Å². The average molecular weight is 526 g/mol. The van der Waals surface area contributed by atoms with Crippen molar-refractivity contribution in [1.29, 1.82) is 0 Å². The number of ether oxygens (including phenoxy) is 2. The second-order valence-electron chi connectivity index (χ2n) is 6.23. The number of imide groups is 1. The van der Waals surface area contributed by atoms with Gasteiger partial charge >= 0.3 is 12.0 Å². The summed E-state index contributed by atoms with van der Waals surface area (Å²) in [7, 11) is 1.45. The SMILES string of the molecule is COc1cc(/C=C2/NC(=O)N(CC(=O)O)C2=O)cc(I)c1OCc1cccc(F)c1. The van der Waals surface area contributed by atoms with E-state index < -0.39 is 24.5 Å². The predicted molar refractivity (Wildman–Crippen MR) is 112 cm³/mol. The normalized spacial score (nSPS) is 14.8. The summed E-state index contributed by atoms with van der Waals surface area (Å²) >= 11 is 2.03. The molecule has 3 amide bonds. The molecule has 30 heavy (non-hydrogen) atoms. The fourth-order valence-electron chi connectivity index (χ4n) is 2.76. The number of amides is 3. The van der Waals surface area contributed by atoms with Gasteiger partial charge in [-0.05, 0) is 64.1 Å². The third kappa shape index (κ3) is 4.87. The molecule has 8 nitrogen and oxygen atoms in total. The third-order valence-corrected chi connectivity index (χ3v) is 4.89. The molecule has 0 saturated carbocycles. The molecule has 1 aliphatic rings. The van der Waals surface area contributed by atoms with Gasteiger partial charge in [0.15, 0.2) is 11.5 Å². The fraction of sp³-hybridized carbons (Fsp3) is 0.150. The number of carboxylic acids is 1. The van der Waals surface area contributed by atoms with Crippen LogP contribution in [-0.2, 0) is 16.2 Å². The lowest BCUT2D eigenvalue weighted by Crippen LogP contribution is -2.35. The van der Waals surface area contributed by atoms with Gasteiger partial charge in [0.25, 0.3) is 5.91 Å². The molecule has 2 aromatic rings. The van der Waals surface area contributed by atoms with E-state index in [2.05, 4.69) is 5.32 Å². The summed E-state index contributed by atoms with van der Waals surface area (Å²) in [6.07, 6.45) is 1.42. The quantitative estimate of drug-likeness (QED) is 0.327. The predicted octanol–water partition coefficient (Wildman–Crippen LogP) is 3.00. The number of hydrogen-bond donors (Lipinski definition) is 2. The summed E-state index contributed by atoms with van der Waals surface area (Å²) in [5.74, 6) is -1.57. The van der Waals surface area contributed by atoms with Crippen molar-refractivity contribution in [2.24, 2.45) is 0 Å². The number of urea groups is 1. The lowest BCUT2D eigenvalue weighted by molar-refractivity contribution is -0.140. The second kappa shape index (κ2) is 9.11. The van der Waals surface area contributed by atoms with Crippen molar-refractivity contribution in [2.75, 3.05) is 13.7 Å². The van der Waals surface area contributed by atoms with Gasteiger partial charge in [0.05, 0.1) is 10.7 Å². The van der Waals surface area contributed by atoms with Gasteiger partial charge in [-0.2, -0.15) is 0 Å². The van der Waals surface area contributed by atoms with Gasteiger partial charge in [-0.1, -0.05) is 12.1 Å². The van der Waals surface area contributed by atoms with Crippen molar-refractivity contribution in [3.05, 3.63) is 62.6 Å². The van der Waals surface area contributed by atoms with Gasteiger partial charge < -0.3 is 19.9 Å². The first-order valence-corrected chi connectivity index (χ1v) is 9.67. The molecule has 0 unspecified atom stereocenters. The van der Waals surface area contributed by atoms with Crippen molar-refractivity contribution >= 4 is 46.6 Å². The number of aliphatic carboxylic acids is 1. The standard InChI is InChI=1S/C20H16FIN2O6/c1-29-16-8-12(7-15-19(27)24(9-17(25)26)20(28)23-15)6-14(22)18(16)30-10-11-3-2-4-13(21)5-11/h2-8H,9-10H2,1H3,(H,23,28)(H,25,26)/b15-7+. The summed E-state index contributed by atoms with van der Waals surface area (Å²) < 4.78 is 25.2. The molecule has 0 aromatic heterocycles. The molecular formula is C20H16FIN2O6. The minimum Gasteiger partial charge on any atom is -0.493 e. The number of carbonyl (C=O) groups excluding carboxylic acids is 2. The second-order valence-corrected chi connectivity index (χ2v) is 7.39. The van der Waals surface area contributed by atoms with E-state index in [-0.39, 0.29) is 18.1 Å². The number of hydrogen-bond acceptors (Lipinski definition) is 5. The highest BCUT2D eigenvalue weighted by molar-refractivity contribution is 14.1. The molecule has 1 aliphatic heterocycles. The maximum atomic E-state index is 13.3. The minimum absolute atomic E-state index is 0.0486. The first-order valence-electron chi connectivity index (χ1n) is 8.59. The Morgan fingerprint density at radius 3 is 2.73 bits per heavy atom. The summed E-state index contributed by atoms with van der Waals surface area (Å²) in [4.78, 5) is 35.5. The Kier molecular flexibility index (Phi) is 6.55. The smallest absolute Gasteiger partial charge is 0.329 e. The van der Waals surface area contributed by atoms with Crippen LogP contribution in [0.1, 0.15) is 11.1 Å². The number of carbonyl (C=O) groups is 3. The summed E-state index contributed by atoms with van der Waals surface area (Å²) in [5, 5.41) is 11.2. The Labute approximate surface area is 184 Å². The number of nitrogens with one attached hydrogen (secondary N) is 1. The molecule has 2 N–H and O–H groups in total. The number of rotatable bonds is 7. The minimum atomic E-state index is -1.30. The van der Waals surface area contributed by atoms with Gasteiger partial charge in [-0.15, -0.1) is 0 Å². The van der Waals surface area contributed by atoms with E-state index in [1.165, 1.54) is 25.3 Å². The number of methoxy groups -OCH3 is 1. The Hall–Kier alpha value is -3.15. The van der Waals surface area contributed by atoms with Crippen LogP contribution in [-0.4, -0.2) is 41.6 Å². The molecule has 0 aliphatic carbocycles. The highest BCUT2D eigenvalue weighted by atomic mass is 127. The number of carboxylic acid groups (broad SMARTS) is 1. The zero-order chi connectivity index (χ0) is 21.8. The average Bonchev–Trinajstić information content (AvgIpc) is 2.94. The lowest BCUT2D eigenvalue weighted by Gasteiger charge is -2.14. The van der Waals surface area contributed by atoms with Crippen molar-refractivity contribution in [2.45, 2.75) is 6.61 Å². The zero-order valence-corrected chi connectivity index (χ0v) is 17.8. The molecule has 1 fully saturated rings. The van der Waals surface area contributed by atoms with Crippen LogP contribution in [0.5, 0.6) is 11.5 Å². The molecule has 3 rings (SSSR count). The molecule has 0 atom stereocenters. The maximum absolute atomic E-state index is 13.3. The van der Waals surface area contributed by atoms with Crippen LogP contribution in [0.3, 0.4) is 0 Å².